The summed E-state index contributed by atoms with van der Waals surface area (Å²) in [5, 5.41) is 11.7. The highest BCUT2D eigenvalue weighted by Crippen LogP contribution is 2.35. The number of amides is 3. The second-order valence-electron chi connectivity index (χ2n) is 7.81. The minimum Gasteiger partial charge on any atom is -0.385 e. The molecule has 0 fully saturated rings. The Bertz CT molecular complexity index is 1240. The standard InChI is InChI=1S/C24H25F4N5O3/c1-14-20(22(34)29-2)32-33(16-9-5-4-6-10-16)21(14)31-23(35)30-19-13-17(24(26,27)28)18(25)12-15(19)8-7-11-36-3/h4-6,9-10,12-13H,7-8,11H2,1-3H3,(H,29,34)(H2,30,31,35). The molecule has 0 saturated carbocycles. The van der Waals surface area contributed by atoms with Gasteiger partial charge in [0.15, 0.2) is 5.69 Å². The lowest BCUT2D eigenvalue weighted by Gasteiger charge is -2.17. The number of hydrogen-bond donors (Lipinski definition) is 3. The molecule has 1 aromatic heterocycles. The third kappa shape index (κ3) is 6.00. The molecule has 3 aromatic rings. The zero-order valence-electron chi connectivity index (χ0n) is 19.8. The van der Waals surface area contributed by atoms with Crippen molar-refractivity contribution in [1.82, 2.24) is 15.1 Å². The minimum absolute atomic E-state index is 0.0537. The van der Waals surface area contributed by atoms with Gasteiger partial charge < -0.3 is 15.4 Å². The Morgan fingerprint density at radius 1 is 1.11 bits per heavy atom. The van der Waals surface area contributed by atoms with Crippen molar-refractivity contribution in [3.05, 3.63) is 70.7 Å². The van der Waals surface area contributed by atoms with E-state index < -0.39 is 29.5 Å². The number of para-hydroxylation sites is 1. The molecule has 0 saturated heterocycles. The van der Waals surface area contributed by atoms with Crippen molar-refractivity contribution < 1.29 is 31.9 Å². The van der Waals surface area contributed by atoms with Crippen molar-refractivity contribution in [2.24, 2.45) is 0 Å². The minimum atomic E-state index is -4.95. The van der Waals surface area contributed by atoms with E-state index in [0.717, 1.165) is 6.07 Å². The smallest absolute Gasteiger partial charge is 0.385 e. The van der Waals surface area contributed by atoms with Crippen LogP contribution in [0.15, 0.2) is 42.5 Å². The largest absolute Gasteiger partial charge is 0.419 e. The molecule has 12 heteroatoms. The van der Waals surface area contributed by atoms with Gasteiger partial charge in [-0.25, -0.2) is 13.9 Å². The maximum absolute atomic E-state index is 14.2. The van der Waals surface area contributed by atoms with E-state index in [1.165, 1.54) is 18.8 Å². The molecule has 0 aliphatic rings. The van der Waals surface area contributed by atoms with Gasteiger partial charge in [0.05, 0.1) is 11.3 Å². The van der Waals surface area contributed by atoms with Crippen molar-refractivity contribution in [3.63, 3.8) is 0 Å². The third-order valence-electron chi connectivity index (χ3n) is 5.34. The highest BCUT2D eigenvalue weighted by molar-refractivity contribution is 6.02. The number of carbonyl (C=O) groups excluding carboxylic acids is 2. The number of anilines is 2. The average Bonchev–Trinajstić information content (AvgIpc) is 3.15. The van der Waals surface area contributed by atoms with Crippen LogP contribution in [-0.4, -0.2) is 42.5 Å². The number of ether oxygens (including phenoxy) is 1. The number of hydrogen-bond acceptors (Lipinski definition) is 4. The maximum atomic E-state index is 14.2. The summed E-state index contributed by atoms with van der Waals surface area (Å²) in [5.74, 6) is -1.79. The summed E-state index contributed by atoms with van der Waals surface area (Å²) in [7, 11) is 2.90. The number of halogens is 4. The summed E-state index contributed by atoms with van der Waals surface area (Å²) in [6.07, 6.45) is -4.39. The first-order valence-electron chi connectivity index (χ1n) is 10.9. The Balaban J connectivity index is 1.97. The maximum Gasteiger partial charge on any atom is 0.419 e. The molecule has 36 heavy (non-hydrogen) atoms. The van der Waals surface area contributed by atoms with Crippen LogP contribution in [0.1, 0.15) is 33.6 Å². The molecule has 0 unspecified atom stereocenters. The lowest BCUT2D eigenvalue weighted by molar-refractivity contribution is -0.139. The number of rotatable bonds is 8. The Hall–Kier alpha value is -3.93. The SMILES string of the molecule is CNC(=O)c1nn(-c2ccccc2)c(NC(=O)Nc2cc(C(F)(F)F)c(F)cc2CCCOC)c1C. The van der Waals surface area contributed by atoms with E-state index in [2.05, 4.69) is 21.0 Å². The average molecular weight is 507 g/mol. The molecule has 8 nitrogen and oxygen atoms in total. The Morgan fingerprint density at radius 2 is 1.81 bits per heavy atom. The van der Waals surface area contributed by atoms with Crippen LogP contribution in [-0.2, 0) is 17.3 Å². The van der Waals surface area contributed by atoms with Crippen LogP contribution in [0.3, 0.4) is 0 Å². The summed E-state index contributed by atoms with van der Waals surface area (Å²) in [6.45, 7) is 1.87. The summed E-state index contributed by atoms with van der Waals surface area (Å²) in [5.41, 5.74) is -0.603. The van der Waals surface area contributed by atoms with Crippen molar-refractivity contribution in [3.8, 4) is 5.69 Å². The van der Waals surface area contributed by atoms with E-state index in [0.29, 0.717) is 30.3 Å². The zero-order chi connectivity index (χ0) is 26.5. The first-order chi connectivity index (χ1) is 17.1. The van der Waals surface area contributed by atoms with Gasteiger partial charge in [-0.2, -0.15) is 18.3 Å². The number of alkyl halides is 3. The van der Waals surface area contributed by atoms with E-state index in [4.69, 9.17) is 4.74 Å². The Labute approximate surface area is 204 Å². The first kappa shape index (κ1) is 26.7. The van der Waals surface area contributed by atoms with Gasteiger partial charge in [0.25, 0.3) is 5.91 Å². The van der Waals surface area contributed by atoms with Crippen LogP contribution < -0.4 is 16.0 Å². The quantitative estimate of drug-likeness (QED) is 0.298. The van der Waals surface area contributed by atoms with Crippen LogP contribution in [0.4, 0.5) is 33.9 Å². The molecule has 0 radical (unpaired) electrons. The molecule has 0 spiro atoms. The van der Waals surface area contributed by atoms with Crippen LogP contribution in [0.5, 0.6) is 0 Å². The Morgan fingerprint density at radius 3 is 2.42 bits per heavy atom. The molecular formula is C24H25F4N5O3. The molecule has 192 valence electrons. The monoisotopic (exact) mass is 507 g/mol. The normalized spacial score (nSPS) is 11.3. The lowest BCUT2D eigenvalue weighted by atomic mass is 10.0. The number of nitrogens with zero attached hydrogens (tertiary/aromatic N) is 2. The van der Waals surface area contributed by atoms with Crippen molar-refractivity contribution >= 4 is 23.4 Å². The van der Waals surface area contributed by atoms with Gasteiger partial charge in [-0.3, -0.25) is 10.1 Å². The highest BCUT2D eigenvalue weighted by atomic mass is 19.4. The second-order valence-corrected chi connectivity index (χ2v) is 7.81. The van der Waals surface area contributed by atoms with Gasteiger partial charge in [0, 0.05) is 32.0 Å². The first-order valence-corrected chi connectivity index (χ1v) is 10.9. The molecule has 3 N–H and O–H groups in total. The highest BCUT2D eigenvalue weighted by Gasteiger charge is 2.35. The number of methoxy groups -OCH3 is 1. The molecule has 1 heterocycles. The predicted octanol–water partition coefficient (Wildman–Crippen LogP) is 4.92. The van der Waals surface area contributed by atoms with E-state index in [9.17, 15) is 27.2 Å². The summed E-state index contributed by atoms with van der Waals surface area (Å²) < 4.78 is 60.4. The Kier molecular flexibility index (Phi) is 8.30. The number of aryl methyl sites for hydroxylation is 1. The van der Waals surface area contributed by atoms with Gasteiger partial charge in [-0.15, -0.1) is 0 Å². The molecule has 0 atom stereocenters. The van der Waals surface area contributed by atoms with Crippen LogP contribution in [0.25, 0.3) is 5.69 Å². The van der Waals surface area contributed by atoms with Gasteiger partial charge in [-0.05, 0) is 49.6 Å². The number of urea groups is 1. The second kappa shape index (κ2) is 11.2. The van der Waals surface area contributed by atoms with Crippen LogP contribution in [0.2, 0.25) is 0 Å². The number of carbonyl (C=O) groups is 2. The van der Waals surface area contributed by atoms with E-state index in [-0.39, 0.29) is 29.2 Å². The molecule has 3 rings (SSSR count). The predicted molar refractivity (Wildman–Crippen MR) is 126 cm³/mol. The fraction of sp³-hybridized carbons (Fsp3) is 0.292. The molecule has 2 aromatic carbocycles. The fourth-order valence-corrected chi connectivity index (χ4v) is 3.56. The molecule has 0 aliphatic carbocycles. The van der Waals surface area contributed by atoms with E-state index >= 15 is 0 Å². The molecule has 3 amide bonds. The molecular weight excluding hydrogens is 482 g/mol. The lowest BCUT2D eigenvalue weighted by Crippen LogP contribution is -2.23. The van der Waals surface area contributed by atoms with Gasteiger partial charge >= 0.3 is 12.2 Å². The van der Waals surface area contributed by atoms with E-state index in [1.807, 2.05) is 0 Å². The van der Waals surface area contributed by atoms with Crippen molar-refractivity contribution in [1.29, 1.82) is 0 Å². The molecule has 0 bridgehead atoms. The summed E-state index contributed by atoms with van der Waals surface area (Å²) in [4.78, 5) is 25.2. The number of benzene rings is 2. The summed E-state index contributed by atoms with van der Waals surface area (Å²) >= 11 is 0. The van der Waals surface area contributed by atoms with Crippen LogP contribution in [0, 0.1) is 12.7 Å². The van der Waals surface area contributed by atoms with Crippen LogP contribution >= 0.6 is 0 Å². The zero-order valence-corrected chi connectivity index (χ0v) is 19.8. The molecule has 0 aliphatic heterocycles. The van der Waals surface area contributed by atoms with Gasteiger partial charge in [0.1, 0.15) is 11.6 Å². The van der Waals surface area contributed by atoms with E-state index in [1.54, 1.807) is 37.3 Å². The number of aromatic nitrogens is 2. The summed E-state index contributed by atoms with van der Waals surface area (Å²) in [6, 6.07) is 9.08. The van der Waals surface area contributed by atoms with Gasteiger partial charge in [-0.1, -0.05) is 18.2 Å². The fourth-order valence-electron chi connectivity index (χ4n) is 3.56. The third-order valence-corrected chi connectivity index (χ3v) is 5.34. The number of nitrogens with one attached hydrogen (secondary N) is 3. The topological polar surface area (TPSA) is 97.3 Å². The van der Waals surface area contributed by atoms with Crippen molar-refractivity contribution in [2.75, 3.05) is 31.4 Å². The van der Waals surface area contributed by atoms with Gasteiger partial charge in [0.2, 0.25) is 0 Å². The van der Waals surface area contributed by atoms with Crippen molar-refractivity contribution in [2.45, 2.75) is 25.9 Å².